The Morgan fingerprint density at radius 2 is 1.94 bits per heavy atom. The topological polar surface area (TPSA) is 29.3 Å². The molecule has 16 heavy (non-hydrogen) atoms. The molecule has 0 spiro atoms. The van der Waals surface area contributed by atoms with Crippen molar-refractivity contribution in [2.75, 3.05) is 18.5 Å². The van der Waals surface area contributed by atoms with Crippen LogP contribution >= 0.6 is 0 Å². The smallest absolute Gasteiger partial charge is 0.0363 e. The maximum absolute atomic E-state index is 6.10. The van der Waals surface area contributed by atoms with Crippen LogP contribution in [0.15, 0.2) is 24.3 Å². The van der Waals surface area contributed by atoms with Crippen LogP contribution in [0.2, 0.25) is 0 Å². The molecule has 0 bridgehead atoms. The average molecular weight is 218 g/mol. The Labute approximate surface area is 98.4 Å². The van der Waals surface area contributed by atoms with E-state index in [4.69, 9.17) is 5.73 Å². The molecule has 0 radical (unpaired) electrons. The lowest BCUT2D eigenvalue weighted by Crippen LogP contribution is -2.29. The molecule has 2 heteroatoms. The van der Waals surface area contributed by atoms with Crippen molar-refractivity contribution in [3.05, 3.63) is 29.8 Å². The molecule has 1 aliphatic rings. The van der Waals surface area contributed by atoms with Gasteiger partial charge in [0.25, 0.3) is 0 Å². The predicted octanol–water partition coefficient (Wildman–Crippen LogP) is 2.56. The molecule has 0 amide bonds. The highest BCUT2D eigenvalue weighted by Crippen LogP contribution is 2.32. The van der Waals surface area contributed by atoms with E-state index in [-0.39, 0.29) is 0 Å². The van der Waals surface area contributed by atoms with Crippen molar-refractivity contribution in [3.8, 4) is 0 Å². The van der Waals surface area contributed by atoms with E-state index < -0.39 is 0 Å². The molecule has 1 unspecified atom stereocenters. The Bertz CT molecular complexity index is 327. The standard InChI is InChI=1S/C14H22N2/c1-11-3-7-13(8-4-11)16(2)10-9-14(15)12-5-6-12/h3-4,7-8,12,14H,5-6,9-10,15H2,1-2H3. The largest absolute Gasteiger partial charge is 0.375 e. The number of hydrogen-bond donors (Lipinski definition) is 1. The van der Waals surface area contributed by atoms with Gasteiger partial charge in [-0.05, 0) is 44.2 Å². The van der Waals surface area contributed by atoms with Crippen LogP contribution in [-0.2, 0) is 0 Å². The summed E-state index contributed by atoms with van der Waals surface area (Å²) in [4.78, 5) is 2.29. The molecule has 1 aromatic rings. The molecule has 2 rings (SSSR count). The highest BCUT2D eigenvalue weighted by atomic mass is 15.1. The summed E-state index contributed by atoms with van der Waals surface area (Å²) in [5.74, 6) is 0.811. The Kier molecular flexibility index (Phi) is 3.49. The van der Waals surface area contributed by atoms with E-state index in [2.05, 4.69) is 43.1 Å². The van der Waals surface area contributed by atoms with Crippen LogP contribution in [0.5, 0.6) is 0 Å². The second-order valence-corrected chi connectivity index (χ2v) is 5.05. The van der Waals surface area contributed by atoms with Gasteiger partial charge in [-0.1, -0.05) is 17.7 Å². The number of nitrogens with zero attached hydrogens (tertiary/aromatic N) is 1. The Hall–Kier alpha value is -1.02. The normalized spacial score (nSPS) is 17.2. The van der Waals surface area contributed by atoms with E-state index in [0.29, 0.717) is 6.04 Å². The third-order valence-corrected chi connectivity index (χ3v) is 3.50. The summed E-state index contributed by atoms with van der Waals surface area (Å²) in [6.07, 6.45) is 3.79. The molecule has 0 aliphatic heterocycles. The third kappa shape index (κ3) is 2.99. The molecular formula is C14H22N2. The highest BCUT2D eigenvalue weighted by molar-refractivity contribution is 5.46. The molecule has 1 aromatic carbocycles. The lowest BCUT2D eigenvalue weighted by Gasteiger charge is -2.21. The van der Waals surface area contributed by atoms with E-state index in [1.807, 2.05) is 0 Å². The first-order valence-corrected chi connectivity index (χ1v) is 6.20. The Morgan fingerprint density at radius 1 is 1.31 bits per heavy atom. The lowest BCUT2D eigenvalue weighted by atomic mass is 10.1. The van der Waals surface area contributed by atoms with Gasteiger partial charge < -0.3 is 10.6 Å². The van der Waals surface area contributed by atoms with Gasteiger partial charge in [-0.2, -0.15) is 0 Å². The van der Waals surface area contributed by atoms with E-state index in [9.17, 15) is 0 Å². The minimum atomic E-state index is 0.410. The van der Waals surface area contributed by atoms with Crippen LogP contribution in [0.3, 0.4) is 0 Å². The lowest BCUT2D eigenvalue weighted by molar-refractivity contribution is 0.550. The summed E-state index contributed by atoms with van der Waals surface area (Å²) in [5.41, 5.74) is 8.70. The molecule has 1 saturated carbocycles. The van der Waals surface area contributed by atoms with Crippen LogP contribution in [-0.4, -0.2) is 19.6 Å². The monoisotopic (exact) mass is 218 g/mol. The second kappa shape index (κ2) is 4.88. The summed E-state index contributed by atoms with van der Waals surface area (Å²) in [6, 6.07) is 9.09. The van der Waals surface area contributed by atoms with Crippen LogP contribution in [0, 0.1) is 12.8 Å². The van der Waals surface area contributed by atoms with E-state index in [1.165, 1.54) is 24.1 Å². The Balaban J connectivity index is 1.82. The fourth-order valence-electron chi connectivity index (χ4n) is 2.03. The number of anilines is 1. The number of aryl methyl sites for hydroxylation is 1. The maximum Gasteiger partial charge on any atom is 0.0363 e. The zero-order chi connectivity index (χ0) is 11.5. The Morgan fingerprint density at radius 3 is 2.50 bits per heavy atom. The van der Waals surface area contributed by atoms with E-state index in [1.54, 1.807) is 0 Å². The molecule has 88 valence electrons. The summed E-state index contributed by atoms with van der Waals surface area (Å²) in [6.45, 7) is 3.17. The summed E-state index contributed by atoms with van der Waals surface area (Å²) < 4.78 is 0. The molecular weight excluding hydrogens is 196 g/mol. The fraction of sp³-hybridized carbons (Fsp3) is 0.571. The number of benzene rings is 1. The van der Waals surface area contributed by atoms with Gasteiger partial charge in [-0.15, -0.1) is 0 Å². The summed E-state index contributed by atoms with van der Waals surface area (Å²) in [5, 5.41) is 0. The summed E-state index contributed by atoms with van der Waals surface area (Å²) in [7, 11) is 2.14. The maximum atomic E-state index is 6.10. The average Bonchev–Trinajstić information content (AvgIpc) is 3.10. The molecule has 0 aromatic heterocycles. The van der Waals surface area contributed by atoms with Crippen molar-refractivity contribution in [2.24, 2.45) is 11.7 Å². The SMILES string of the molecule is Cc1ccc(N(C)CCC(N)C2CC2)cc1. The predicted molar refractivity (Wildman–Crippen MR) is 69.8 cm³/mol. The van der Waals surface area contributed by atoms with Gasteiger partial charge in [0.2, 0.25) is 0 Å². The van der Waals surface area contributed by atoms with Crippen LogP contribution in [0.25, 0.3) is 0 Å². The molecule has 0 heterocycles. The molecule has 2 nitrogen and oxygen atoms in total. The quantitative estimate of drug-likeness (QED) is 0.823. The molecule has 2 N–H and O–H groups in total. The van der Waals surface area contributed by atoms with Crippen molar-refractivity contribution in [1.29, 1.82) is 0 Å². The zero-order valence-corrected chi connectivity index (χ0v) is 10.3. The van der Waals surface area contributed by atoms with Gasteiger partial charge in [0.15, 0.2) is 0 Å². The van der Waals surface area contributed by atoms with Crippen molar-refractivity contribution < 1.29 is 0 Å². The fourth-order valence-corrected chi connectivity index (χ4v) is 2.03. The second-order valence-electron chi connectivity index (χ2n) is 5.05. The van der Waals surface area contributed by atoms with Crippen molar-refractivity contribution in [1.82, 2.24) is 0 Å². The van der Waals surface area contributed by atoms with Crippen LogP contribution < -0.4 is 10.6 Å². The van der Waals surface area contributed by atoms with Gasteiger partial charge in [0.05, 0.1) is 0 Å². The molecule has 1 aliphatic carbocycles. The minimum Gasteiger partial charge on any atom is -0.375 e. The van der Waals surface area contributed by atoms with E-state index in [0.717, 1.165) is 18.9 Å². The molecule has 1 atom stereocenters. The van der Waals surface area contributed by atoms with Crippen LogP contribution in [0.1, 0.15) is 24.8 Å². The first kappa shape index (κ1) is 11.5. The van der Waals surface area contributed by atoms with E-state index >= 15 is 0 Å². The number of hydrogen-bond acceptors (Lipinski definition) is 2. The van der Waals surface area contributed by atoms with Crippen molar-refractivity contribution in [3.63, 3.8) is 0 Å². The first-order valence-electron chi connectivity index (χ1n) is 6.20. The first-order chi connectivity index (χ1) is 7.66. The number of nitrogens with two attached hydrogens (primary N) is 1. The molecule has 0 saturated heterocycles. The number of rotatable bonds is 5. The van der Waals surface area contributed by atoms with Gasteiger partial charge in [0, 0.05) is 25.3 Å². The van der Waals surface area contributed by atoms with Gasteiger partial charge in [-0.3, -0.25) is 0 Å². The minimum absolute atomic E-state index is 0.410. The third-order valence-electron chi connectivity index (χ3n) is 3.50. The summed E-state index contributed by atoms with van der Waals surface area (Å²) >= 11 is 0. The van der Waals surface area contributed by atoms with Gasteiger partial charge >= 0.3 is 0 Å². The zero-order valence-electron chi connectivity index (χ0n) is 10.3. The van der Waals surface area contributed by atoms with Gasteiger partial charge in [-0.25, -0.2) is 0 Å². The highest BCUT2D eigenvalue weighted by Gasteiger charge is 2.28. The van der Waals surface area contributed by atoms with Gasteiger partial charge in [0.1, 0.15) is 0 Å². The van der Waals surface area contributed by atoms with Crippen molar-refractivity contribution >= 4 is 5.69 Å². The molecule has 1 fully saturated rings. The van der Waals surface area contributed by atoms with Crippen LogP contribution in [0.4, 0.5) is 5.69 Å². The van der Waals surface area contributed by atoms with Crippen molar-refractivity contribution in [2.45, 2.75) is 32.2 Å².